The predicted molar refractivity (Wildman–Crippen MR) is 85.2 cm³/mol. The van der Waals surface area contributed by atoms with Gasteiger partial charge in [-0.05, 0) is 18.2 Å². The van der Waals surface area contributed by atoms with Crippen molar-refractivity contribution in [3.63, 3.8) is 0 Å². The molecule has 7 heteroatoms. The lowest BCUT2D eigenvalue weighted by Crippen LogP contribution is -1.97. The molecule has 0 spiro atoms. The van der Waals surface area contributed by atoms with Crippen LogP contribution >= 0.6 is 43.2 Å². The number of benzene rings is 1. The molecular formula is C13H8Br2N2O2S. The number of carboxylic acid groups (broad SMARTS) is 1. The normalized spacial score (nSPS) is 11.1. The fraction of sp³-hybridized carbons (Fsp3) is 0.0769. The third-order valence-corrected chi connectivity index (χ3v) is 4.91. The van der Waals surface area contributed by atoms with Crippen LogP contribution in [0.4, 0.5) is 0 Å². The van der Waals surface area contributed by atoms with E-state index in [-0.39, 0.29) is 6.42 Å². The maximum absolute atomic E-state index is 10.7. The summed E-state index contributed by atoms with van der Waals surface area (Å²) >= 11 is 8.36. The average molecular weight is 416 g/mol. The first kappa shape index (κ1) is 13.8. The molecule has 0 aliphatic rings. The molecule has 0 fully saturated rings. The lowest BCUT2D eigenvalue weighted by molar-refractivity contribution is -0.136. The van der Waals surface area contributed by atoms with Gasteiger partial charge >= 0.3 is 5.97 Å². The molecule has 0 unspecified atom stereocenters. The SMILES string of the molecule is O=C(O)Cc1cn2cc(-c3cc(Br)ccc3Br)nc2s1. The number of carbonyl (C=O) groups is 1. The first-order valence-electron chi connectivity index (χ1n) is 5.67. The monoisotopic (exact) mass is 414 g/mol. The minimum absolute atomic E-state index is 0.0317. The van der Waals surface area contributed by atoms with Crippen LogP contribution in [0.3, 0.4) is 0 Å². The van der Waals surface area contributed by atoms with E-state index in [0.717, 1.165) is 30.0 Å². The molecule has 0 saturated carbocycles. The average Bonchev–Trinajstić information content (AvgIpc) is 2.89. The second-order valence-electron chi connectivity index (χ2n) is 4.21. The number of halogens is 2. The Balaban J connectivity index is 2.03. The highest BCUT2D eigenvalue weighted by Crippen LogP contribution is 2.31. The third kappa shape index (κ3) is 2.65. The Labute approximate surface area is 135 Å². The lowest BCUT2D eigenvalue weighted by atomic mass is 10.2. The maximum Gasteiger partial charge on any atom is 0.308 e. The van der Waals surface area contributed by atoms with Crippen LogP contribution in [0.2, 0.25) is 0 Å². The molecule has 0 aliphatic carbocycles. The van der Waals surface area contributed by atoms with Crippen LogP contribution in [0.25, 0.3) is 16.2 Å². The molecule has 0 atom stereocenters. The highest BCUT2D eigenvalue weighted by molar-refractivity contribution is 9.11. The number of imidazole rings is 1. The molecule has 0 bridgehead atoms. The van der Waals surface area contributed by atoms with Crippen LogP contribution < -0.4 is 0 Å². The first-order chi connectivity index (χ1) is 9.52. The Morgan fingerprint density at radius 1 is 1.35 bits per heavy atom. The fourth-order valence-electron chi connectivity index (χ4n) is 1.90. The Bertz CT molecular complexity index is 778. The molecule has 20 heavy (non-hydrogen) atoms. The van der Waals surface area contributed by atoms with Gasteiger partial charge in [0.15, 0.2) is 4.96 Å². The molecule has 0 aliphatic heterocycles. The lowest BCUT2D eigenvalue weighted by Gasteiger charge is -2.01. The number of aromatic nitrogens is 2. The number of carboxylic acids is 1. The van der Waals surface area contributed by atoms with Crippen molar-refractivity contribution in [1.82, 2.24) is 9.38 Å². The number of aliphatic carboxylic acids is 1. The molecular weight excluding hydrogens is 408 g/mol. The van der Waals surface area contributed by atoms with Crippen molar-refractivity contribution in [3.05, 3.63) is 44.4 Å². The standard InChI is InChI=1S/C13H8Br2N2O2S/c14-7-1-2-10(15)9(3-7)11-6-17-5-8(4-12(18)19)20-13(17)16-11/h1-3,5-6H,4H2,(H,18,19). The van der Waals surface area contributed by atoms with Gasteiger partial charge in [-0.15, -0.1) is 11.3 Å². The van der Waals surface area contributed by atoms with E-state index in [2.05, 4.69) is 36.8 Å². The third-order valence-electron chi connectivity index (χ3n) is 2.73. The number of thiazole rings is 1. The van der Waals surface area contributed by atoms with Crippen molar-refractivity contribution < 1.29 is 9.90 Å². The Morgan fingerprint density at radius 3 is 2.85 bits per heavy atom. The summed E-state index contributed by atoms with van der Waals surface area (Å²) in [5, 5.41) is 8.79. The van der Waals surface area contributed by atoms with Crippen LogP contribution in [-0.2, 0) is 11.2 Å². The van der Waals surface area contributed by atoms with Gasteiger partial charge in [0.25, 0.3) is 0 Å². The van der Waals surface area contributed by atoms with Crippen molar-refractivity contribution >= 4 is 54.1 Å². The van der Waals surface area contributed by atoms with Gasteiger partial charge in [0.1, 0.15) is 0 Å². The van der Waals surface area contributed by atoms with E-state index in [0.29, 0.717) is 0 Å². The molecule has 3 rings (SSSR count). The Morgan fingerprint density at radius 2 is 2.15 bits per heavy atom. The Kier molecular flexibility index (Phi) is 3.66. The van der Waals surface area contributed by atoms with E-state index in [1.54, 1.807) is 0 Å². The minimum atomic E-state index is -0.829. The second kappa shape index (κ2) is 5.31. The Hall–Kier alpha value is -1.18. The van der Waals surface area contributed by atoms with Crippen LogP contribution in [0.5, 0.6) is 0 Å². The van der Waals surface area contributed by atoms with Crippen LogP contribution in [-0.4, -0.2) is 20.5 Å². The van der Waals surface area contributed by atoms with Gasteiger partial charge in [0.2, 0.25) is 0 Å². The molecule has 3 aromatic rings. The van der Waals surface area contributed by atoms with E-state index in [9.17, 15) is 4.79 Å². The summed E-state index contributed by atoms with van der Waals surface area (Å²) in [7, 11) is 0. The molecule has 0 radical (unpaired) electrons. The molecule has 0 saturated heterocycles. The zero-order valence-corrected chi connectivity index (χ0v) is 14.0. The highest BCUT2D eigenvalue weighted by Gasteiger charge is 2.12. The molecule has 1 aromatic carbocycles. The van der Waals surface area contributed by atoms with E-state index in [1.165, 1.54) is 11.3 Å². The van der Waals surface area contributed by atoms with Gasteiger partial charge in [0, 0.05) is 31.8 Å². The van der Waals surface area contributed by atoms with Gasteiger partial charge < -0.3 is 5.11 Å². The topological polar surface area (TPSA) is 54.6 Å². The first-order valence-corrected chi connectivity index (χ1v) is 8.08. The van der Waals surface area contributed by atoms with Crippen molar-refractivity contribution in [1.29, 1.82) is 0 Å². The molecule has 4 nitrogen and oxygen atoms in total. The van der Waals surface area contributed by atoms with Gasteiger partial charge in [-0.25, -0.2) is 4.98 Å². The summed E-state index contributed by atoms with van der Waals surface area (Å²) in [5.74, 6) is -0.829. The molecule has 0 amide bonds. The predicted octanol–water partition coefficient (Wildman–Crippen LogP) is 4.21. The van der Waals surface area contributed by atoms with Gasteiger partial charge in [-0.1, -0.05) is 31.9 Å². The smallest absolute Gasteiger partial charge is 0.308 e. The minimum Gasteiger partial charge on any atom is -0.481 e. The molecule has 2 heterocycles. The number of hydrogen-bond acceptors (Lipinski definition) is 3. The summed E-state index contributed by atoms with van der Waals surface area (Å²) < 4.78 is 3.82. The van der Waals surface area contributed by atoms with Crippen LogP contribution in [0.1, 0.15) is 4.88 Å². The summed E-state index contributed by atoms with van der Waals surface area (Å²) in [6.07, 6.45) is 3.75. The fourth-order valence-corrected chi connectivity index (χ4v) is 3.66. The zero-order valence-electron chi connectivity index (χ0n) is 10.0. The van der Waals surface area contributed by atoms with Crippen molar-refractivity contribution in [2.45, 2.75) is 6.42 Å². The quantitative estimate of drug-likeness (QED) is 0.696. The van der Waals surface area contributed by atoms with Crippen LogP contribution in [0.15, 0.2) is 39.5 Å². The summed E-state index contributed by atoms with van der Waals surface area (Å²) in [4.78, 5) is 16.8. The summed E-state index contributed by atoms with van der Waals surface area (Å²) in [6.45, 7) is 0. The van der Waals surface area contributed by atoms with E-state index >= 15 is 0 Å². The highest BCUT2D eigenvalue weighted by atomic mass is 79.9. The number of hydrogen-bond donors (Lipinski definition) is 1. The van der Waals surface area contributed by atoms with E-state index < -0.39 is 5.97 Å². The number of rotatable bonds is 3. The van der Waals surface area contributed by atoms with Crippen LogP contribution in [0, 0.1) is 0 Å². The molecule has 2 aromatic heterocycles. The largest absolute Gasteiger partial charge is 0.481 e. The zero-order chi connectivity index (χ0) is 14.3. The molecule has 1 N–H and O–H groups in total. The van der Waals surface area contributed by atoms with Crippen molar-refractivity contribution in [2.75, 3.05) is 0 Å². The van der Waals surface area contributed by atoms with Gasteiger partial charge in [-0.3, -0.25) is 9.20 Å². The van der Waals surface area contributed by atoms with Crippen molar-refractivity contribution in [2.24, 2.45) is 0 Å². The number of nitrogens with zero attached hydrogens (tertiary/aromatic N) is 2. The van der Waals surface area contributed by atoms with E-state index in [4.69, 9.17) is 5.11 Å². The van der Waals surface area contributed by atoms with Gasteiger partial charge in [0.05, 0.1) is 12.1 Å². The number of fused-ring (bicyclic) bond motifs is 1. The van der Waals surface area contributed by atoms with Crippen molar-refractivity contribution in [3.8, 4) is 11.3 Å². The maximum atomic E-state index is 10.7. The summed E-state index contributed by atoms with van der Waals surface area (Å²) in [6, 6.07) is 5.91. The molecule has 102 valence electrons. The van der Waals surface area contributed by atoms with Gasteiger partial charge in [-0.2, -0.15) is 0 Å². The summed E-state index contributed by atoms with van der Waals surface area (Å²) in [5.41, 5.74) is 1.85. The van der Waals surface area contributed by atoms with E-state index in [1.807, 2.05) is 35.0 Å². The second-order valence-corrected chi connectivity index (χ2v) is 7.07.